The van der Waals surface area contributed by atoms with Crippen molar-refractivity contribution < 1.29 is 28.5 Å². The molecular formula is C44H87NO6. The Hall–Kier alpha value is -1.18. The Bertz CT molecular complexity index is 692. The Morgan fingerprint density at radius 2 is 0.686 bits per heavy atom. The molecule has 0 rings (SSSR count). The van der Waals surface area contributed by atoms with Crippen LogP contribution >= 0.6 is 0 Å². The summed E-state index contributed by atoms with van der Waals surface area (Å²) in [6.07, 6.45) is 35.3. The van der Waals surface area contributed by atoms with Gasteiger partial charge in [-0.05, 0) is 25.8 Å². The molecule has 0 fully saturated rings. The molecule has 0 heterocycles. The molecule has 0 radical (unpaired) electrons. The van der Waals surface area contributed by atoms with Gasteiger partial charge in [0.1, 0.15) is 12.2 Å². The van der Waals surface area contributed by atoms with E-state index in [-0.39, 0.29) is 24.1 Å². The van der Waals surface area contributed by atoms with Gasteiger partial charge in [-0.15, -0.1) is 0 Å². The zero-order valence-corrected chi connectivity index (χ0v) is 34.8. The molecule has 0 saturated heterocycles. The Morgan fingerprint density at radius 1 is 0.412 bits per heavy atom. The predicted octanol–water partition coefficient (Wildman–Crippen LogP) is 12.2. The highest BCUT2D eigenvalue weighted by atomic mass is 16.6. The fourth-order valence-corrected chi connectivity index (χ4v) is 6.83. The molecule has 2 atom stereocenters. The molecule has 0 amide bonds. The largest absolute Gasteiger partial charge is 0.459 e. The van der Waals surface area contributed by atoms with Crippen LogP contribution in [-0.2, 0) is 28.5 Å². The van der Waals surface area contributed by atoms with Gasteiger partial charge in [0, 0.05) is 40.2 Å². The zero-order chi connectivity index (χ0) is 37.5. The van der Waals surface area contributed by atoms with Crippen LogP contribution in [0.1, 0.15) is 214 Å². The number of unbranched alkanes of at least 4 members (excludes halogenated alkanes) is 25. The number of rotatable bonds is 41. The summed E-state index contributed by atoms with van der Waals surface area (Å²) in [4.78, 5) is 26.4. The molecule has 0 aromatic carbocycles. The fourth-order valence-electron chi connectivity index (χ4n) is 6.83. The first kappa shape index (κ1) is 49.8. The average Bonchev–Trinajstić information content (AvgIpc) is 3.09. The van der Waals surface area contributed by atoms with E-state index in [2.05, 4.69) is 25.7 Å². The van der Waals surface area contributed by atoms with Gasteiger partial charge in [-0.1, -0.05) is 181 Å². The first-order chi connectivity index (χ1) is 24.9. The van der Waals surface area contributed by atoms with Crippen LogP contribution in [0.3, 0.4) is 0 Å². The Labute approximate surface area is 317 Å². The van der Waals surface area contributed by atoms with Crippen LogP contribution in [0.15, 0.2) is 0 Å². The summed E-state index contributed by atoms with van der Waals surface area (Å²) in [5.41, 5.74) is 0. The molecule has 0 aliphatic heterocycles. The lowest BCUT2D eigenvalue weighted by atomic mass is 10.0. The van der Waals surface area contributed by atoms with Crippen molar-refractivity contribution in [2.75, 3.05) is 46.1 Å². The zero-order valence-electron chi connectivity index (χ0n) is 34.8. The lowest BCUT2D eigenvalue weighted by molar-refractivity contribution is -0.153. The average molecular weight is 726 g/mol. The van der Waals surface area contributed by atoms with Crippen LogP contribution in [-0.4, -0.2) is 75.1 Å². The van der Waals surface area contributed by atoms with Gasteiger partial charge in [-0.2, -0.15) is 0 Å². The summed E-state index contributed by atoms with van der Waals surface area (Å²) in [6.45, 7) is 13.8. The van der Waals surface area contributed by atoms with Crippen LogP contribution in [0.2, 0.25) is 0 Å². The number of ether oxygens (including phenoxy) is 4. The van der Waals surface area contributed by atoms with E-state index in [1.807, 2.05) is 0 Å². The van der Waals surface area contributed by atoms with Crippen molar-refractivity contribution in [2.24, 2.45) is 0 Å². The molecule has 0 aliphatic rings. The van der Waals surface area contributed by atoms with E-state index in [9.17, 15) is 9.59 Å². The monoisotopic (exact) mass is 726 g/mol. The summed E-state index contributed by atoms with van der Waals surface area (Å²) < 4.78 is 23.5. The molecule has 0 spiro atoms. The summed E-state index contributed by atoms with van der Waals surface area (Å²) in [7, 11) is 0. The third-order valence-corrected chi connectivity index (χ3v) is 9.81. The smallest absolute Gasteiger partial charge is 0.303 e. The SMILES string of the molecule is CCCCCCCCCCCCCCCCCCN(CC(COCCCCCCCC)OC(C)=O)CC(COCCCCCCCC)OC(C)=O. The van der Waals surface area contributed by atoms with Crippen molar-refractivity contribution in [3.05, 3.63) is 0 Å². The van der Waals surface area contributed by atoms with Gasteiger partial charge in [-0.3, -0.25) is 14.5 Å². The first-order valence-corrected chi connectivity index (χ1v) is 22.1. The number of carbonyl (C=O) groups is 2. The summed E-state index contributed by atoms with van der Waals surface area (Å²) in [6, 6.07) is 0. The molecule has 2 unspecified atom stereocenters. The van der Waals surface area contributed by atoms with Crippen LogP contribution in [0.5, 0.6) is 0 Å². The van der Waals surface area contributed by atoms with Gasteiger partial charge in [0.15, 0.2) is 0 Å². The number of esters is 2. The third-order valence-electron chi connectivity index (χ3n) is 9.81. The Morgan fingerprint density at radius 3 is 0.980 bits per heavy atom. The van der Waals surface area contributed by atoms with Crippen molar-refractivity contribution in [1.29, 1.82) is 0 Å². The third kappa shape index (κ3) is 38.4. The standard InChI is InChI=1S/C44H87NO6/c1-6-9-12-15-18-19-20-21-22-23-24-25-26-27-28-31-34-45(37-43(50-41(4)46)39-48-35-32-29-16-13-10-7-2)38-44(51-42(5)47)40-49-36-33-30-17-14-11-8-3/h43-44H,6-40H2,1-5H3. The van der Waals surface area contributed by atoms with Crippen LogP contribution in [0, 0.1) is 0 Å². The number of nitrogens with zero attached hydrogens (tertiary/aromatic N) is 1. The number of hydrogen-bond donors (Lipinski definition) is 0. The van der Waals surface area contributed by atoms with Gasteiger partial charge in [0.05, 0.1) is 13.2 Å². The first-order valence-electron chi connectivity index (χ1n) is 22.1. The van der Waals surface area contributed by atoms with E-state index >= 15 is 0 Å². The lowest BCUT2D eigenvalue weighted by Crippen LogP contribution is -2.44. The van der Waals surface area contributed by atoms with Crippen LogP contribution in [0.25, 0.3) is 0 Å². The second-order valence-electron chi connectivity index (χ2n) is 15.2. The molecule has 0 aromatic rings. The fraction of sp³-hybridized carbons (Fsp3) is 0.955. The van der Waals surface area contributed by atoms with Gasteiger partial charge in [0.2, 0.25) is 0 Å². The Kier molecular flexibility index (Phi) is 39.1. The molecule has 0 aromatic heterocycles. The normalized spacial score (nSPS) is 12.7. The maximum absolute atomic E-state index is 12.1. The van der Waals surface area contributed by atoms with E-state index in [1.165, 1.54) is 174 Å². The van der Waals surface area contributed by atoms with Crippen molar-refractivity contribution in [1.82, 2.24) is 4.90 Å². The van der Waals surface area contributed by atoms with Gasteiger partial charge < -0.3 is 18.9 Å². The number of hydrogen-bond acceptors (Lipinski definition) is 7. The van der Waals surface area contributed by atoms with Crippen LogP contribution < -0.4 is 0 Å². The van der Waals surface area contributed by atoms with E-state index in [0.717, 1.165) is 25.8 Å². The summed E-state index contributed by atoms with van der Waals surface area (Å²) in [5.74, 6) is -0.575. The maximum atomic E-state index is 12.1. The molecule has 0 bridgehead atoms. The second-order valence-corrected chi connectivity index (χ2v) is 15.2. The molecule has 51 heavy (non-hydrogen) atoms. The van der Waals surface area contributed by atoms with Crippen molar-refractivity contribution >= 4 is 11.9 Å². The summed E-state index contributed by atoms with van der Waals surface area (Å²) >= 11 is 0. The predicted molar refractivity (Wildman–Crippen MR) is 215 cm³/mol. The van der Waals surface area contributed by atoms with Gasteiger partial charge in [0.25, 0.3) is 0 Å². The summed E-state index contributed by atoms with van der Waals surface area (Å²) in [5, 5.41) is 0. The van der Waals surface area contributed by atoms with E-state index < -0.39 is 0 Å². The minimum absolute atomic E-state index is 0.288. The Balaban J connectivity index is 4.80. The maximum Gasteiger partial charge on any atom is 0.303 e. The van der Waals surface area contributed by atoms with Crippen LogP contribution in [0.4, 0.5) is 0 Å². The quantitative estimate of drug-likeness (QED) is 0.0459. The highest BCUT2D eigenvalue weighted by Gasteiger charge is 2.22. The van der Waals surface area contributed by atoms with E-state index in [4.69, 9.17) is 18.9 Å². The van der Waals surface area contributed by atoms with Crippen molar-refractivity contribution in [2.45, 2.75) is 227 Å². The molecule has 7 heteroatoms. The minimum Gasteiger partial charge on any atom is -0.459 e. The molecule has 0 N–H and O–H groups in total. The highest BCUT2D eigenvalue weighted by Crippen LogP contribution is 2.15. The molecule has 7 nitrogen and oxygen atoms in total. The molecule has 0 saturated carbocycles. The highest BCUT2D eigenvalue weighted by molar-refractivity contribution is 5.66. The second kappa shape index (κ2) is 40.0. The van der Waals surface area contributed by atoms with Crippen molar-refractivity contribution in [3.8, 4) is 0 Å². The lowest BCUT2D eigenvalue weighted by Gasteiger charge is -2.30. The minimum atomic E-state index is -0.356. The topological polar surface area (TPSA) is 74.3 Å². The molecular weight excluding hydrogens is 638 g/mol. The van der Waals surface area contributed by atoms with E-state index in [0.29, 0.717) is 39.5 Å². The van der Waals surface area contributed by atoms with E-state index in [1.54, 1.807) is 0 Å². The van der Waals surface area contributed by atoms with Gasteiger partial charge >= 0.3 is 11.9 Å². The molecule has 0 aliphatic carbocycles. The molecule has 304 valence electrons. The number of carbonyl (C=O) groups excluding carboxylic acids is 2. The van der Waals surface area contributed by atoms with Gasteiger partial charge in [-0.25, -0.2) is 0 Å². The van der Waals surface area contributed by atoms with Crippen molar-refractivity contribution in [3.63, 3.8) is 0 Å².